The van der Waals surface area contributed by atoms with Crippen molar-refractivity contribution >= 4 is 9.84 Å². The van der Waals surface area contributed by atoms with E-state index in [1.165, 1.54) is 0 Å². The third-order valence-electron chi connectivity index (χ3n) is 3.49. The van der Waals surface area contributed by atoms with Gasteiger partial charge in [0.2, 0.25) is 0 Å². The van der Waals surface area contributed by atoms with Crippen LogP contribution in [0, 0.1) is 0 Å². The van der Waals surface area contributed by atoms with Crippen LogP contribution in [-0.4, -0.2) is 47.4 Å². The van der Waals surface area contributed by atoms with Crippen LogP contribution in [0.4, 0.5) is 39.5 Å². The van der Waals surface area contributed by atoms with Gasteiger partial charge in [0.1, 0.15) is 4.90 Å². The summed E-state index contributed by atoms with van der Waals surface area (Å²) in [6, 6.07) is 0.235. The molecular formula is C14H10F9N3O3S. The average Bonchev–Trinajstić information content (AvgIpc) is 3.06. The van der Waals surface area contributed by atoms with Gasteiger partial charge in [-0.15, -0.1) is 0 Å². The van der Waals surface area contributed by atoms with Crippen molar-refractivity contribution in [1.29, 1.82) is 0 Å². The molecule has 2 rings (SSSR count). The maximum atomic E-state index is 13.3. The second kappa shape index (κ2) is 7.63. The third kappa shape index (κ3) is 4.96. The van der Waals surface area contributed by atoms with E-state index in [4.69, 9.17) is 0 Å². The third-order valence-corrected chi connectivity index (χ3v) is 5.22. The van der Waals surface area contributed by atoms with Gasteiger partial charge in [-0.3, -0.25) is 0 Å². The quantitative estimate of drug-likeness (QED) is 0.597. The Morgan fingerprint density at radius 1 is 1.10 bits per heavy atom. The molecule has 0 aromatic carbocycles. The monoisotopic (exact) mass is 471 g/mol. The maximum Gasteiger partial charge on any atom is 0.439 e. The molecule has 2 aromatic rings. The molecule has 0 amide bonds. The number of hydrogen-bond acceptors (Lipinski definition) is 5. The standard InChI is InChI=1S/C14H10F9N3O3S/c1-2-30(27,28)9-3-7(12(16,17)18)4-24-10(9)26-6-8(5-25-26)29-14(22,23)11(15)13(19,20)21/h3-6,11H,2H2,1H3. The van der Waals surface area contributed by atoms with Crippen molar-refractivity contribution in [2.24, 2.45) is 0 Å². The van der Waals surface area contributed by atoms with E-state index in [-0.39, 0.29) is 12.3 Å². The lowest BCUT2D eigenvalue weighted by Crippen LogP contribution is -2.45. The molecule has 0 aliphatic carbocycles. The summed E-state index contributed by atoms with van der Waals surface area (Å²) in [5, 5.41) is 3.34. The molecule has 0 saturated carbocycles. The Bertz CT molecular complexity index is 1020. The number of sulfone groups is 1. The summed E-state index contributed by atoms with van der Waals surface area (Å²) < 4.78 is 143. The van der Waals surface area contributed by atoms with Gasteiger partial charge in [0.15, 0.2) is 21.4 Å². The van der Waals surface area contributed by atoms with E-state index in [0.717, 1.165) is 6.92 Å². The molecule has 6 nitrogen and oxygen atoms in total. The average molecular weight is 471 g/mol. The number of nitrogens with zero attached hydrogens (tertiary/aromatic N) is 3. The predicted octanol–water partition coefficient (Wildman–Crippen LogP) is 3.95. The zero-order valence-electron chi connectivity index (χ0n) is 14.5. The maximum absolute atomic E-state index is 13.3. The smallest absolute Gasteiger partial charge is 0.427 e. The number of hydrogen-bond donors (Lipinski definition) is 0. The van der Waals surface area contributed by atoms with Gasteiger partial charge in [-0.1, -0.05) is 6.92 Å². The minimum Gasteiger partial charge on any atom is -0.427 e. The van der Waals surface area contributed by atoms with Gasteiger partial charge < -0.3 is 4.74 Å². The zero-order valence-corrected chi connectivity index (χ0v) is 15.3. The van der Waals surface area contributed by atoms with Gasteiger partial charge in [-0.2, -0.15) is 40.2 Å². The molecule has 0 bridgehead atoms. The van der Waals surface area contributed by atoms with Crippen LogP contribution in [0.5, 0.6) is 5.75 Å². The predicted molar refractivity (Wildman–Crippen MR) is 80.6 cm³/mol. The fraction of sp³-hybridized carbons (Fsp3) is 0.429. The SMILES string of the molecule is CCS(=O)(=O)c1cc(C(F)(F)F)cnc1-n1cc(OC(F)(F)C(F)C(F)(F)F)cn1. The van der Waals surface area contributed by atoms with Gasteiger partial charge in [-0.05, 0) is 6.07 Å². The highest BCUT2D eigenvalue weighted by Gasteiger charge is 2.59. The Labute approximate surface area is 162 Å². The Balaban J connectivity index is 2.48. The Kier molecular flexibility index (Phi) is 6.04. The number of alkyl halides is 9. The normalized spacial score (nSPS) is 14.6. The fourth-order valence-electron chi connectivity index (χ4n) is 2.02. The molecule has 0 saturated heterocycles. The topological polar surface area (TPSA) is 74.1 Å². The molecule has 2 heterocycles. The number of aromatic nitrogens is 3. The molecule has 30 heavy (non-hydrogen) atoms. The molecule has 168 valence electrons. The van der Waals surface area contributed by atoms with Gasteiger partial charge >= 0.3 is 18.5 Å². The van der Waals surface area contributed by atoms with Crippen LogP contribution in [0.15, 0.2) is 29.6 Å². The van der Waals surface area contributed by atoms with Crippen molar-refractivity contribution in [3.63, 3.8) is 0 Å². The second-order valence-corrected chi connectivity index (χ2v) is 7.88. The highest BCUT2D eigenvalue weighted by atomic mass is 32.2. The summed E-state index contributed by atoms with van der Waals surface area (Å²) in [4.78, 5) is 2.35. The van der Waals surface area contributed by atoms with E-state index < -0.39 is 62.2 Å². The highest BCUT2D eigenvalue weighted by Crippen LogP contribution is 2.37. The van der Waals surface area contributed by atoms with Crippen molar-refractivity contribution in [3.8, 4) is 11.6 Å². The molecule has 0 radical (unpaired) electrons. The Morgan fingerprint density at radius 3 is 2.20 bits per heavy atom. The molecular weight excluding hydrogens is 461 g/mol. The largest absolute Gasteiger partial charge is 0.439 e. The van der Waals surface area contributed by atoms with Crippen LogP contribution in [0.3, 0.4) is 0 Å². The van der Waals surface area contributed by atoms with E-state index in [1.54, 1.807) is 0 Å². The van der Waals surface area contributed by atoms with Crippen LogP contribution >= 0.6 is 0 Å². The lowest BCUT2D eigenvalue weighted by atomic mass is 10.3. The minimum absolute atomic E-state index is 0.235. The van der Waals surface area contributed by atoms with Crippen molar-refractivity contribution in [2.45, 2.75) is 36.5 Å². The second-order valence-electron chi connectivity index (χ2n) is 5.64. The number of halogens is 9. The first-order chi connectivity index (χ1) is 13.5. The summed E-state index contributed by atoms with van der Waals surface area (Å²) in [6.45, 7) is 1.11. The summed E-state index contributed by atoms with van der Waals surface area (Å²) in [5.41, 5.74) is -1.43. The van der Waals surface area contributed by atoms with Crippen LogP contribution in [0.2, 0.25) is 0 Å². The number of rotatable bonds is 6. The van der Waals surface area contributed by atoms with E-state index >= 15 is 0 Å². The van der Waals surface area contributed by atoms with Crippen LogP contribution < -0.4 is 4.74 Å². The van der Waals surface area contributed by atoms with Gasteiger partial charge in [0, 0.05) is 6.20 Å². The molecule has 0 fully saturated rings. The Hall–Kier alpha value is -2.52. The van der Waals surface area contributed by atoms with E-state index in [1.807, 2.05) is 0 Å². The van der Waals surface area contributed by atoms with Gasteiger partial charge in [-0.25, -0.2) is 22.5 Å². The van der Waals surface area contributed by atoms with Crippen molar-refractivity contribution in [2.75, 3.05) is 5.75 Å². The molecule has 2 aromatic heterocycles. The summed E-state index contributed by atoms with van der Waals surface area (Å²) in [5.74, 6) is -2.56. The summed E-state index contributed by atoms with van der Waals surface area (Å²) >= 11 is 0. The van der Waals surface area contributed by atoms with Crippen LogP contribution in [-0.2, 0) is 16.0 Å². The first-order valence-corrected chi connectivity index (χ1v) is 9.27. The fourth-order valence-corrected chi connectivity index (χ4v) is 3.06. The van der Waals surface area contributed by atoms with Crippen LogP contribution in [0.25, 0.3) is 5.82 Å². The van der Waals surface area contributed by atoms with Crippen LogP contribution in [0.1, 0.15) is 12.5 Å². The Morgan fingerprint density at radius 2 is 1.70 bits per heavy atom. The first-order valence-electron chi connectivity index (χ1n) is 7.61. The van der Waals surface area contributed by atoms with Crippen molar-refractivity contribution < 1.29 is 52.7 Å². The van der Waals surface area contributed by atoms with Gasteiger partial charge in [0.05, 0.1) is 23.7 Å². The summed E-state index contributed by atoms with van der Waals surface area (Å²) in [6.07, 6.45) is -19.9. The zero-order chi connectivity index (χ0) is 23.1. The molecule has 0 spiro atoms. The van der Waals surface area contributed by atoms with E-state index in [2.05, 4.69) is 14.8 Å². The van der Waals surface area contributed by atoms with E-state index in [9.17, 15) is 47.9 Å². The summed E-state index contributed by atoms with van der Waals surface area (Å²) in [7, 11) is -4.34. The highest BCUT2D eigenvalue weighted by molar-refractivity contribution is 7.91. The molecule has 16 heteroatoms. The lowest BCUT2D eigenvalue weighted by molar-refractivity contribution is -0.305. The molecule has 1 unspecified atom stereocenters. The molecule has 0 aliphatic heterocycles. The number of pyridine rings is 1. The van der Waals surface area contributed by atoms with Crippen molar-refractivity contribution in [1.82, 2.24) is 14.8 Å². The number of ether oxygens (including phenoxy) is 1. The molecule has 0 N–H and O–H groups in total. The molecule has 0 aliphatic rings. The lowest BCUT2D eigenvalue weighted by Gasteiger charge is -2.22. The minimum atomic E-state index is -5.95. The molecule has 1 atom stereocenters. The van der Waals surface area contributed by atoms with Gasteiger partial charge in [0.25, 0.3) is 6.17 Å². The van der Waals surface area contributed by atoms with E-state index in [0.29, 0.717) is 17.1 Å². The van der Waals surface area contributed by atoms with Crippen molar-refractivity contribution in [3.05, 3.63) is 30.2 Å². The first kappa shape index (κ1) is 23.8.